The van der Waals surface area contributed by atoms with E-state index in [9.17, 15) is 4.79 Å². The largest absolute Gasteiger partial charge is 0.495 e. The lowest BCUT2D eigenvalue weighted by Gasteiger charge is -2.11. The molecular weight excluding hydrogens is 246 g/mol. The number of hydrogen-bond acceptors (Lipinski definition) is 3. The Balaban J connectivity index is 2.78. The molecule has 16 heavy (non-hydrogen) atoms. The maximum absolute atomic E-state index is 11.6. The molecule has 1 aromatic carbocycles. The summed E-state index contributed by atoms with van der Waals surface area (Å²) in [6.45, 7) is 1.85. The van der Waals surface area contributed by atoms with Gasteiger partial charge in [-0.15, -0.1) is 0 Å². The van der Waals surface area contributed by atoms with Gasteiger partial charge >= 0.3 is 0 Å². The molecule has 1 N–H and O–H groups in total. The van der Waals surface area contributed by atoms with E-state index in [0.717, 1.165) is 0 Å². The Morgan fingerprint density at radius 1 is 1.56 bits per heavy atom. The van der Waals surface area contributed by atoms with Crippen LogP contribution in [-0.2, 0) is 4.79 Å². The molecule has 0 spiro atoms. The van der Waals surface area contributed by atoms with Crippen LogP contribution >= 0.6 is 23.4 Å². The van der Waals surface area contributed by atoms with Crippen LogP contribution in [0.4, 0.5) is 5.69 Å². The lowest BCUT2D eigenvalue weighted by atomic mass is 10.3. The summed E-state index contributed by atoms with van der Waals surface area (Å²) in [4.78, 5) is 11.6. The molecular formula is C11H14ClNO2S. The van der Waals surface area contributed by atoms with Crippen LogP contribution in [-0.4, -0.2) is 24.5 Å². The van der Waals surface area contributed by atoms with Crippen LogP contribution in [0, 0.1) is 0 Å². The normalized spacial score (nSPS) is 12.0. The highest BCUT2D eigenvalue weighted by Gasteiger charge is 2.11. The summed E-state index contributed by atoms with van der Waals surface area (Å²) >= 11 is 7.38. The average Bonchev–Trinajstić information content (AvgIpc) is 2.30. The number of ether oxygens (including phenoxy) is 1. The number of hydrogen-bond donors (Lipinski definition) is 1. The van der Waals surface area contributed by atoms with E-state index in [-0.39, 0.29) is 11.2 Å². The first kappa shape index (κ1) is 13.2. The third-order valence-electron chi connectivity index (χ3n) is 2.14. The Hall–Kier alpha value is -0.870. The summed E-state index contributed by atoms with van der Waals surface area (Å²) in [5.41, 5.74) is 0.687. The molecule has 0 aliphatic carbocycles. The average molecular weight is 260 g/mol. The first-order chi connectivity index (χ1) is 7.58. The number of amides is 1. The molecule has 0 bridgehead atoms. The van der Waals surface area contributed by atoms with Gasteiger partial charge in [0.2, 0.25) is 5.91 Å². The molecule has 0 aliphatic rings. The zero-order valence-electron chi connectivity index (χ0n) is 9.41. The smallest absolute Gasteiger partial charge is 0.237 e. The van der Waals surface area contributed by atoms with Gasteiger partial charge in [0.05, 0.1) is 17.4 Å². The maximum Gasteiger partial charge on any atom is 0.237 e. The van der Waals surface area contributed by atoms with Gasteiger partial charge in [0, 0.05) is 11.8 Å². The predicted octanol–water partition coefficient (Wildman–Crippen LogP) is 3.04. The molecule has 0 radical (unpaired) electrons. The monoisotopic (exact) mass is 259 g/mol. The van der Waals surface area contributed by atoms with Crippen LogP contribution in [0.2, 0.25) is 5.02 Å². The fourth-order valence-electron chi connectivity index (χ4n) is 1.09. The van der Waals surface area contributed by atoms with E-state index in [1.54, 1.807) is 18.2 Å². The van der Waals surface area contributed by atoms with E-state index < -0.39 is 0 Å². The van der Waals surface area contributed by atoms with Gasteiger partial charge in [-0.2, -0.15) is 11.8 Å². The fourth-order valence-corrected chi connectivity index (χ4v) is 1.56. The first-order valence-electron chi connectivity index (χ1n) is 4.75. The Morgan fingerprint density at radius 2 is 2.25 bits per heavy atom. The van der Waals surface area contributed by atoms with Crippen molar-refractivity contribution < 1.29 is 9.53 Å². The number of halogens is 1. The topological polar surface area (TPSA) is 38.3 Å². The third-order valence-corrected chi connectivity index (χ3v) is 3.37. The number of rotatable bonds is 4. The van der Waals surface area contributed by atoms with Gasteiger partial charge in [-0.25, -0.2) is 0 Å². The van der Waals surface area contributed by atoms with E-state index in [1.165, 1.54) is 18.9 Å². The summed E-state index contributed by atoms with van der Waals surface area (Å²) in [6.07, 6.45) is 1.90. The van der Waals surface area contributed by atoms with Crippen molar-refractivity contribution in [2.75, 3.05) is 18.7 Å². The number of carbonyl (C=O) groups excluding carboxylic acids is 1. The molecule has 0 aliphatic heterocycles. The van der Waals surface area contributed by atoms with E-state index in [0.29, 0.717) is 16.5 Å². The van der Waals surface area contributed by atoms with Crippen LogP contribution in [0.25, 0.3) is 0 Å². The van der Waals surface area contributed by atoms with E-state index in [2.05, 4.69) is 5.32 Å². The van der Waals surface area contributed by atoms with Crippen molar-refractivity contribution in [3.8, 4) is 5.75 Å². The second-order valence-electron chi connectivity index (χ2n) is 3.22. The van der Waals surface area contributed by atoms with E-state index in [4.69, 9.17) is 16.3 Å². The molecule has 5 heteroatoms. The number of nitrogens with one attached hydrogen (secondary N) is 1. The second-order valence-corrected chi connectivity index (χ2v) is 4.80. The standard InChI is InChI=1S/C11H14ClNO2S/c1-7(16-3)11(14)13-8-4-5-9(12)10(6-8)15-2/h4-7H,1-3H3,(H,13,14). The van der Waals surface area contributed by atoms with Crippen LogP contribution < -0.4 is 10.1 Å². The van der Waals surface area contributed by atoms with Crippen molar-refractivity contribution in [3.63, 3.8) is 0 Å². The molecule has 1 atom stereocenters. The van der Waals surface area contributed by atoms with E-state index >= 15 is 0 Å². The molecule has 1 rings (SSSR count). The van der Waals surface area contributed by atoms with Gasteiger partial charge < -0.3 is 10.1 Å². The Kier molecular flexibility index (Phi) is 4.96. The maximum atomic E-state index is 11.6. The minimum absolute atomic E-state index is 0.0307. The minimum Gasteiger partial charge on any atom is -0.495 e. The number of carbonyl (C=O) groups is 1. The Bertz CT molecular complexity index is 384. The molecule has 0 heterocycles. The van der Waals surface area contributed by atoms with Crippen molar-refractivity contribution in [2.45, 2.75) is 12.2 Å². The molecule has 0 saturated heterocycles. The van der Waals surface area contributed by atoms with Gasteiger partial charge in [-0.1, -0.05) is 11.6 Å². The third kappa shape index (κ3) is 3.32. The predicted molar refractivity (Wildman–Crippen MR) is 69.6 cm³/mol. The first-order valence-corrected chi connectivity index (χ1v) is 6.42. The zero-order valence-corrected chi connectivity index (χ0v) is 11.0. The lowest BCUT2D eigenvalue weighted by molar-refractivity contribution is -0.115. The molecule has 88 valence electrons. The summed E-state index contributed by atoms with van der Waals surface area (Å²) in [6, 6.07) is 5.14. The van der Waals surface area contributed by atoms with Gasteiger partial charge in [0.1, 0.15) is 5.75 Å². The van der Waals surface area contributed by atoms with Crippen LogP contribution in [0.1, 0.15) is 6.92 Å². The lowest BCUT2D eigenvalue weighted by Crippen LogP contribution is -2.21. The number of thioether (sulfide) groups is 1. The summed E-state index contributed by atoms with van der Waals surface area (Å²) in [5, 5.41) is 3.24. The Labute approximate surface area is 105 Å². The molecule has 3 nitrogen and oxygen atoms in total. The number of methoxy groups -OCH3 is 1. The molecule has 0 aromatic heterocycles. The molecule has 1 unspecified atom stereocenters. The highest BCUT2D eigenvalue weighted by Crippen LogP contribution is 2.27. The van der Waals surface area contributed by atoms with Gasteiger partial charge in [-0.3, -0.25) is 4.79 Å². The quantitative estimate of drug-likeness (QED) is 0.903. The molecule has 1 amide bonds. The second kappa shape index (κ2) is 6.01. The fraction of sp³-hybridized carbons (Fsp3) is 0.364. The van der Waals surface area contributed by atoms with Crippen LogP contribution in [0.3, 0.4) is 0 Å². The van der Waals surface area contributed by atoms with E-state index in [1.807, 2.05) is 13.2 Å². The molecule has 0 fully saturated rings. The number of anilines is 1. The Morgan fingerprint density at radius 3 is 2.81 bits per heavy atom. The van der Waals surface area contributed by atoms with Crippen molar-refractivity contribution in [1.29, 1.82) is 0 Å². The number of benzene rings is 1. The van der Waals surface area contributed by atoms with Crippen molar-refractivity contribution in [3.05, 3.63) is 23.2 Å². The van der Waals surface area contributed by atoms with Crippen molar-refractivity contribution in [1.82, 2.24) is 0 Å². The van der Waals surface area contributed by atoms with Crippen LogP contribution in [0.15, 0.2) is 18.2 Å². The highest BCUT2D eigenvalue weighted by molar-refractivity contribution is 7.99. The summed E-state index contributed by atoms with van der Waals surface area (Å²) < 4.78 is 5.07. The molecule has 0 saturated carbocycles. The summed E-state index contributed by atoms with van der Waals surface area (Å²) in [7, 11) is 1.54. The van der Waals surface area contributed by atoms with Gasteiger partial charge in [0.25, 0.3) is 0 Å². The minimum atomic E-state index is -0.0818. The highest BCUT2D eigenvalue weighted by atomic mass is 35.5. The van der Waals surface area contributed by atoms with Gasteiger partial charge in [-0.05, 0) is 25.3 Å². The van der Waals surface area contributed by atoms with Gasteiger partial charge in [0.15, 0.2) is 0 Å². The van der Waals surface area contributed by atoms with Crippen LogP contribution in [0.5, 0.6) is 5.75 Å². The van der Waals surface area contributed by atoms with Crippen molar-refractivity contribution in [2.24, 2.45) is 0 Å². The van der Waals surface area contributed by atoms with Crippen molar-refractivity contribution >= 4 is 35.0 Å². The SMILES string of the molecule is COc1cc(NC(=O)C(C)SC)ccc1Cl. The zero-order chi connectivity index (χ0) is 12.1. The molecule has 1 aromatic rings. The summed E-state index contributed by atoms with van der Waals surface area (Å²) in [5.74, 6) is 0.521.